The number of ether oxygens (including phenoxy) is 5. The van der Waals surface area contributed by atoms with Gasteiger partial charge in [-0.05, 0) is 189 Å². The number of H-pyrrole nitrogens is 2. The van der Waals surface area contributed by atoms with Crippen LogP contribution in [0.1, 0.15) is 302 Å². The topological polar surface area (TPSA) is 144 Å². The number of aromatic nitrogens is 4. The molecule has 3 N–H and O–H groups in total. The molecule has 0 aliphatic carbocycles. The number of carboxylic acids is 1. The van der Waals surface area contributed by atoms with Gasteiger partial charge >= 0.3 is 5.97 Å². The molecule has 12 nitrogen and oxygen atoms in total. The van der Waals surface area contributed by atoms with Crippen LogP contribution < -0.4 is 28.6 Å². The summed E-state index contributed by atoms with van der Waals surface area (Å²) in [5.41, 5.74) is 16.7. The van der Waals surface area contributed by atoms with Crippen molar-refractivity contribution >= 4 is 75.5 Å². The highest BCUT2D eigenvalue weighted by Crippen LogP contribution is 2.51. The molecule has 0 saturated carbocycles. The Bertz CT molecular complexity index is 4970. The van der Waals surface area contributed by atoms with Crippen LogP contribution in [-0.2, 0) is 0 Å². The third-order valence-electron chi connectivity index (χ3n) is 22.5. The maximum absolute atomic E-state index is 12.2. The normalized spacial score (nSPS) is 11.9. The summed E-state index contributed by atoms with van der Waals surface area (Å²) >= 11 is 1.82. The lowest BCUT2D eigenvalue weighted by Crippen LogP contribution is -2.22. The van der Waals surface area contributed by atoms with E-state index in [0.29, 0.717) is 94.4 Å². The highest BCUT2D eigenvalue weighted by atomic mass is 32.2. The number of aromatic amines is 2. The first-order valence-electron chi connectivity index (χ1n) is 45.0. The molecule has 3 aromatic heterocycles. The molecule has 0 atom stereocenters. The molecule has 118 heavy (non-hydrogen) atoms. The number of fused-ring (bicyclic) bond motifs is 10. The molecule has 6 aromatic carbocycles. The average Bonchev–Trinajstić information content (AvgIpc) is 1.22. The molecule has 0 spiro atoms. The van der Waals surface area contributed by atoms with Crippen molar-refractivity contribution in [1.29, 1.82) is 0 Å². The fraction of sp³-hybridized carbons (Fsp3) is 0.419. The first-order chi connectivity index (χ1) is 58.2. The van der Waals surface area contributed by atoms with Crippen LogP contribution >= 0.6 is 11.8 Å². The lowest BCUT2D eigenvalue weighted by molar-refractivity contribution is 0.0696. The highest BCUT2D eigenvalue weighted by Gasteiger charge is 2.28. The van der Waals surface area contributed by atoms with E-state index in [-0.39, 0.29) is 5.56 Å². The number of benzene rings is 6. The molecule has 13 heteroatoms. The fourth-order valence-corrected chi connectivity index (χ4v) is 16.9. The first kappa shape index (κ1) is 87.0. The van der Waals surface area contributed by atoms with Gasteiger partial charge < -0.3 is 43.7 Å². The van der Waals surface area contributed by atoms with Crippen LogP contribution in [0.2, 0.25) is 0 Å². The highest BCUT2D eigenvalue weighted by molar-refractivity contribution is 7.99. The molecule has 0 saturated heterocycles. The van der Waals surface area contributed by atoms with Gasteiger partial charge in [0.2, 0.25) is 0 Å². The second kappa shape index (κ2) is 46.7. The molecular weight excluding hydrogens is 1480 g/mol. The van der Waals surface area contributed by atoms with Gasteiger partial charge in [-0.3, -0.25) is 0 Å². The van der Waals surface area contributed by atoms with Crippen LogP contribution in [0.15, 0.2) is 155 Å². The van der Waals surface area contributed by atoms with Crippen LogP contribution in [0.5, 0.6) is 28.7 Å². The van der Waals surface area contributed by atoms with Crippen LogP contribution in [-0.4, -0.2) is 70.6 Å². The lowest BCUT2D eigenvalue weighted by atomic mass is 10.0. The number of carboxylic acid groups (broad SMARTS) is 1. The Balaban J connectivity index is 1.08. The smallest absolute Gasteiger partial charge is 0.335 e. The average molecular weight is 1600 g/mol. The summed E-state index contributed by atoms with van der Waals surface area (Å²) in [5.74, 6) is 17.4. The van der Waals surface area contributed by atoms with Gasteiger partial charge in [0.05, 0.1) is 106 Å². The number of anilines is 2. The van der Waals surface area contributed by atoms with Crippen molar-refractivity contribution in [2.75, 3.05) is 44.5 Å². The summed E-state index contributed by atoms with van der Waals surface area (Å²) in [4.78, 5) is 36.5. The standard InChI is InChI=1S/C105H125N5O7S/c1-7-13-19-25-29-35-71-114-95-41-39-42-96(115-72-36-30-26-20-14-8-2)103(95)101-89-63-59-85(106-89)83(57-47-77-45-50-80(51-46-77)105(111)112)86-60-64-90(107-86)102(104-97(116-73-37-31-27-21-15-9-3)43-40-44-98(104)117-74-38-32-28-22-16-10-4)92-66-62-88(109-92)84(87-61-65-91(101)108-87)58-48-78-49-67-93-99(75-78)118-100-76-81(54-68-94(100)110(93)69-33-23-17-11-5)79-52-55-82(56-53-79)113-70-34-24-18-12-6/h39-46,49-56,59-68,75-76,106,109H,7-38,69-74H2,1-6H3,(H,111,112). The van der Waals surface area contributed by atoms with E-state index in [9.17, 15) is 9.90 Å². The van der Waals surface area contributed by atoms with E-state index in [1.807, 2.05) is 23.9 Å². The van der Waals surface area contributed by atoms with E-state index < -0.39 is 5.97 Å². The Morgan fingerprint density at radius 3 is 1.17 bits per heavy atom. The molecule has 6 heterocycles. The third-order valence-corrected chi connectivity index (χ3v) is 23.6. The van der Waals surface area contributed by atoms with Crippen molar-refractivity contribution in [3.63, 3.8) is 0 Å². The van der Waals surface area contributed by atoms with Crippen LogP contribution in [0.25, 0.3) is 79.8 Å². The van der Waals surface area contributed by atoms with E-state index >= 15 is 0 Å². The largest absolute Gasteiger partial charge is 0.494 e. The molecule has 0 radical (unpaired) electrons. The summed E-state index contributed by atoms with van der Waals surface area (Å²) in [6.07, 6.45) is 44.7. The van der Waals surface area contributed by atoms with E-state index in [4.69, 9.17) is 33.7 Å². The second-order valence-corrected chi connectivity index (χ2v) is 32.8. The van der Waals surface area contributed by atoms with Gasteiger partial charge in [0.25, 0.3) is 0 Å². The Morgan fingerprint density at radius 1 is 0.356 bits per heavy atom. The monoisotopic (exact) mass is 1600 g/mol. The molecule has 3 aliphatic heterocycles. The predicted octanol–water partition coefficient (Wildman–Crippen LogP) is 29.3. The Labute approximate surface area is 707 Å². The van der Waals surface area contributed by atoms with Crippen molar-refractivity contribution in [2.24, 2.45) is 0 Å². The number of unbranched alkanes of at least 4 members (excludes halogenated alkanes) is 26. The van der Waals surface area contributed by atoms with Crippen LogP contribution in [0, 0.1) is 23.7 Å². The first-order valence-corrected chi connectivity index (χ1v) is 45.8. The molecule has 8 bridgehead atoms. The molecule has 618 valence electrons. The van der Waals surface area contributed by atoms with Gasteiger partial charge in [-0.2, -0.15) is 0 Å². The van der Waals surface area contributed by atoms with Crippen LogP contribution in [0.4, 0.5) is 11.4 Å². The molecule has 0 amide bonds. The predicted molar refractivity (Wildman–Crippen MR) is 494 cm³/mol. The van der Waals surface area contributed by atoms with Crippen molar-refractivity contribution < 1.29 is 33.6 Å². The lowest BCUT2D eigenvalue weighted by Gasteiger charge is -2.33. The molecule has 12 rings (SSSR count). The van der Waals surface area contributed by atoms with Gasteiger partial charge in [-0.1, -0.05) is 274 Å². The summed E-state index contributed by atoms with van der Waals surface area (Å²) in [7, 11) is 0. The van der Waals surface area contributed by atoms with Crippen molar-refractivity contribution in [3.8, 4) is 85.8 Å². The maximum atomic E-state index is 12.2. The van der Waals surface area contributed by atoms with E-state index in [2.05, 4.69) is 214 Å². The summed E-state index contributed by atoms with van der Waals surface area (Å²) in [5, 5.41) is 9.96. The Kier molecular flexibility index (Phi) is 34.4. The number of nitrogens with one attached hydrogen (secondary N) is 2. The third kappa shape index (κ3) is 24.2. The summed E-state index contributed by atoms with van der Waals surface area (Å²) in [6, 6.07) is 49.9. The number of carbonyl (C=O) groups is 1. The van der Waals surface area contributed by atoms with Gasteiger partial charge in [-0.25, -0.2) is 14.8 Å². The number of rotatable bonds is 47. The zero-order valence-corrected chi connectivity index (χ0v) is 72.0. The second-order valence-electron chi connectivity index (χ2n) is 31.7. The van der Waals surface area contributed by atoms with Gasteiger partial charge in [-0.15, -0.1) is 0 Å². The van der Waals surface area contributed by atoms with Gasteiger partial charge in [0.1, 0.15) is 28.7 Å². The number of hydrogen-bond acceptors (Lipinski definition) is 10. The number of nitrogens with zero attached hydrogens (tertiary/aromatic N) is 3. The quantitative estimate of drug-likeness (QED) is 0.0248. The molecular formula is C105H125N5O7S. The molecule has 9 aromatic rings. The minimum absolute atomic E-state index is 0.184. The SMILES string of the molecule is CCCCCCCCOc1cccc(OCCCCCCCC)c1-c1c2nc(c(C#Cc3ccc4c(c3)Sc3cc(-c5ccc(OCCCCCC)cc5)ccc3N4CCCCCC)c3ccc([nH]3)c(-c3c(OCCCCCCCC)cccc3OCCCCCCCC)c3nc(c(C#Cc4ccc(C(=O)O)cc4)c4ccc1[nH]4)C=C3)C=C2. The minimum Gasteiger partial charge on any atom is -0.494 e. The minimum atomic E-state index is -1.00. The van der Waals surface area contributed by atoms with E-state index in [0.717, 1.165) is 170 Å². The molecule has 3 aliphatic rings. The Hall–Kier alpha value is -10.3. The van der Waals surface area contributed by atoms with Gasteiger partial charge in [0.15, 0.2) is 0 Å². The van der Waals surface area contributed by atoms with Crippen LogP contribution in [0.3, 0.4) is 0 Å². The van der Waals surface area contributed by atoms with Crippen molar-refractivity contribution in [3.05, 3.63) is 196 Å². The van der Waals surface area contributed by atoms with Gasteiger partial charge in [0, 0.05) is 49.6 Å². The fourth-order valence-electron chi connectivity index (χ4n) is 15.8. The maximum Gasteiger partial charge on any atom is 0.335 e. The van der Waals surface area contributed by atoms with E-state index in [1.54, 1.807) is 24.3 Å². The van der Waals surface area contributed by atoms with E-state index in [1.165, 1.54) is 131 Å². The zero-order chi connectivity index (χ0) is 81.9. The summed E-state index contributed by atoms with van der Waals surface area (Å²) < 4.78 is 34.4. The number of hydrogen-bond donors (Lipinski definition) is 3. The zero-order valence-electron chi connectivity index (χ0n) is 71.2. The molecule has 0 fully saturated rings. The summed E-state index contributed by atoms with van der Waals surface area (Å²) in [6.45, 7) is 17.3. The molecule has 0 unspecified atom stereocenters. The van der Waals surface area contributed by atoms with Crippen molar-refractivity contribution in [1.82, 2.24) is 19.9 Å². The van der Waals surface area contributed by atoms with Crippen molar-refractivity contribution in [2.45, 2.75) is 257 Å². The number of aromatic carboxylic acids is 1. The Morgan fingerprint density at radius 2 is 0.720 bits per heavy atom.